The van der Waals surface area contributed by atoms with Gasteiger partial charge in [0.1, 0.15) is 5.03 Å². The predicted molar refractivity (Wildman–Crippen MR) is 127 cm³/mol. The minimum Gasteiger partial charge on any atom is -0.332 e. The van der Waals surface area contributed by atoms with Crippen LogP contribution in [0.3, 0.4) is 0 Å². The van der Waals surface area contributed by atoms with Gasteiger partial charge in [0.15, 0.2) is 11.5 Å². The average molecular weight is 449 g/mol. The van der Waals surface area contributed by atoms with Crippen LogP contribution in [0.5, 0.6) is 0 Å². The van der Waals surface area contributed by atoms with Crippen molar-refractivity contribution in [1.29, 1.82) is 0 Å². The Balaban J connectivity index is 1.51. The monoisotopic (exact) mass is 448 g/mol. The number of hydrogen-bond donors (Lipinski definition) is 0. The lowest BCUT2D eigenvalue weighted by Gasteiger charge is -2.39. The Kier molecular flexibility index (Phi) is 7.32. The lowest BCUT2D eigenvalue weighted by atomic mass is 9.96. The Morgan fingerprint density at radius 2 is 2.22 bits per heavy atom. The third kappa shape index (κ3) is 4.91. The number of rotatable bonds is 9. The van der Waals surface area contributed by atoms with E-state index in [2.05, 4.69) is 50.8 Å². The standard InChI is InChI=1S/C24H28N6OS/c1-3-5-10-20-12-6-11-19(8-4-2)29(20)23(31)17-32-22-14-13-21-26-27-24(30(21)28-22)18-9-7-15-25-16-18/h4,6-7,9,12-16,19-20H,2-3,5,8,10-11,17H2,1H3/t19-,20-/m0/s1. The normalized spacial score (nSPS) is 18.2. The first-order valence-corrected chi connectivity index (χ1v) is 12.0. The SMILES string of the molecule is C=CC[C@H]1CC=C[C@H](CCCC)N1C(=O)CSc1ccc2nnc(-c3cccnc3)n2n1. The second-order valence-electron chi connectivity index (χ2n) is 7.85. The maximum absolute atomic E-state index is 13.3. The van der Waals surface area contributed by atoms with E-state index in [0.29, 0.717) is 17.2 Å². The molecule has 0 N–H and O–H groups in total. The molecular weight excluding hydrogens is 420 g/mol. The molecular formula is C24H28N6OS. The van der Waals surface area contributed by atoms with Crippen LogP contribution in [-0.2, 0) is 4.79 Å². The van der Waals surface area contributed by atoms with Gasteiger partial charge in [-0.25, -0.2) is 0 Å². The fourth-order valence-electron chi connectivity index (χ4n) is 4.04. The highest BCUT2D eigenvalue weighted by Gasteiger charge is 2.30. The molecule has 7 nitrogen and oxygen atoms in total. The maximum atomic E-state index is 13.3. The molecule has 32 heavy (non-hydrogen) atoms. The molecule has 0 saturated carbocycles. The number of aromatic nitrogens is 5. The minimum atomic E-state index is 0.144. The molecule has 0 aliphatic carbocycles. The van der Waals surface area contributed by atoms with Crippen molar-refractivity contribution < 1.29 is 4.79 Å². The zero-order chi connectivity index (χ0) is 22.3. The summed E-state index contributed by atoms with van der Waals surface area (Å²) >= 11 is 1.45. The molecule has 3 aromatic heterocycles. The molecule has 1 amide bonds. The molecule has 1 aliphatic heterocycles. The first kappa shape index (κ1) is 22.2. The first-order chi connectivity index (χ1) is 15.7. The molecule has 2 atom stereocenters. The van der Waals surface area contributed by atoms with E-state index in [0.717, 1.165) is 42.7 Å². The van der Waals surface area contributed by atoms with E-state index in [1.807, 2.05) is 30.3 Å². The molecule has 0 saturated heterocycles. The molecule has 4 heterocycles. The van der Waals surface area contributed by atoms with E-state index < -0.39 is 0 Å². The summed E-state index contributed by atoms with van der Waals surface area (Å²) < 4.78 is 1.71. The molecule has 0 fully saturated rings. The van der Waals surface area contributed by atoms with Crippen LogP contribution in [0.4, 0.5) is 0 Å². The van der Waals surface area contributed by atoms with Crippen LogP contribution < -0.4 is 0 Å². The number of carbonyl (C=O) groups excluding carboxylic acids is 1. The van der Waals surface area contributed by atoms with Gasteiger partial charge < -0.3 is 4.90 Å². The van der Waals surface area contributed by atoms with Crippen LogP contribution in [0.2, 0.25) is 0 Å². The van der Waals surface area contributed by atoms with Crippen LogP contribution >= 0.6 is 11.8 Å². The predicted octanol–water partition coefficient (Wildman–Crippen LogP) is 4.57. The van der Waals surface area contributed by atoms with E-state index in [4.69, 9.17) is 0 Å². The van der Waals surface area contributed by atoms with Crippen molar-refractivity contribution in [2.24, 2.45) is 0 Å². The van der Waals surface area contributed by atoms with E-state index in [-0.39, 0.29) is 18.0 Å². The summed E-state index contributed by atoms with van der Waals surface area (Å²) in [4.78, 5) is 19.5. The lowest BCUT2D eigenvalue weighted by molar-refractivity contribution is -0.132. The van der Waals surface area contributed by atoms with Gasteiger partial charge in [0.25, 0.3) is 0 Å². The Labute approximate surface area is 192 Å². The van der Waals surface area contributed by atoms with E-state index in [1.165, 1.54) is 11.8 Å². The molecule has 0 radical (unpaired) electrons. The Morgan fingerprint density at radius 3 is 3.00 bits per heavy atom. The van der Waals surface area contributed by atoms with E-state index >= 15 is 0 Å². The summed E-state index contributed by atoms with van der Waals surface area (Å²) in [6.45, 7) is 6.07. The topological polar surface area (TPSA) is 76.3 Å². The van der Waals surface area contributed by atoms with Crippen molar-refractivity contribution in [3.63, 3.8) is 0 Å². The molecule has 1 aliphatic rings. The summed E-state index contributed by atoms with van der Waals surface area (Å²) in [6.07, 6.45) is 14.7. The highest BCUT2D eigenvalue weighted by molar-refractivity contribution is 7.99. The van der Waals surface area contributed by atoms with Crippen molar-refractivity contribution in [3.05, 3.63) is 61.5 Å². The number of amides is 1. The molecule has 0 unspecified atom stereocenters. The number of hydrogen-bond acceptors (Lipinski definition) is 6. The second-order valence-corrected chi connectivity index (χ2v) is 8.84. The zero-order valence-corrected chi connectivity index (χ0v) is 19.1. The molecule has 166 valence electrons. The van der Waals surface area contributed by atoms with Crippen LogP contribution in [-0.4, -0.2) is 53.4 Å². The van der Waals surface area contributed by atoms with E-state index in [1.54, 1.807) is 16.9 Å². The number of thioether (sulfide) groups is 1. The van der Waals surface area contributed by atoms with Crippen molar-refractivity contribution in [3.8, 4) is 11.4 Å². The summed E-state index contributed by atoms with van der Waals surface area (Å²) in [5, 5.41) is 13.9. The van der Waals surface area contributed by atoms with Gasteiger partial charge in [0, 0.05) is 24.0 Å². The second kappa shape index (κ2) is 10.5. The van der Waals surface area contributed by atoms with Gasteiger partial charge in [0.05, 0.1) is 11.8 Å². The fourth-order valence-corrected chi connectivity index (χ4v) is 4.77. The van der Waals surface area contributed by atoms with Crippen molar-refractivity contribution in [2.75, 3.05) is 5.75 Å². The fraction of sp³-hybridized carbons (Fsp3) is 0.375. The van der Waals surface area contributed by atoms with Gasteiger partial charge in [-0.2, -0.15) is 9.61 Å². The Bertz CT molecular complexity index is 1100. The molecule has 3 aromatic rings. The summed E-state index contributed by atoms with van der Waals surface area (Å²) in [7, 11) is 0. The quantitative estimate of drug-likeness (QED) is 0.353. The van der Waals surface area contributed by atoms with Crippen LogP contribution in [0, 0.1) is 0 Å². The number of pyridine rings is 1. The maximum Gasteiger partial charge on any atom is 0.233 e. The van der Waals surface area contributed by atoms with Gasteiger partial charge in [-0.1, -0.05) is 49.8 Å². The third-order valence-electron chi connectivity index (χ3n) is 5.60. The van der Waals surface area contributed by atoms with E-state index in [9.17, 15) is 4.79 Å². The van der Waals surface area contributed by atoms with Gasteiger partial charge in [-0.15, -0.1) is 16.8 Å². The number of nitrogens with zero attached hydrogens (tertiary/aromatic N) is 6. The molecule has 0 aromatic carbocycles. The van der Waals surface area contributed by atoms with Crippen LogP contribution in [0.25, 0.3) is 17.0 Å². The summed E-state index contributed by atoms with van der Waals surface area (Å²) in [6, 6.07) is 7.89. The summed E-state index contributed by atoms with van der Waals surface area (Å²) in [5.74, 6) is 1.12. The molecule has 0 bridgehead atoms. The Morgan fingerprint density at radius 1 is 1.31 bits per heavy atom. The highest BCUT2D eigenvalue weighted by atomic mass is 32.2. The smallest absolute Gasteiger partial charge is 0.233 e. The number of fused-ring (bicyclic) bond motifs is 1. The van der Waals surface area contributed by atoms with Crippen LogP contribution in [0.1, 0.15) is 39.0 Å². The molecule has 0 spiro atoms. The molecule has 4 rings (SSSR count). The lowest BCUT2D eigenvalue weighted by Crippen LogP contribution is -2.48. The molecule has 8 heteroatoms. The van der Waals surface area contributed by atoms with Gasteiger partial charge in [-0.05, 0) is 43.5 Å². The number of unbranched alkanes of at least 4 members (excludes halogenated alkanes) is 1. The Hall–Kier alpha value is -3.00. The van der Waals surface area contributed by atoms with Gasteiger partial charge >= 0.3 is 0 Å². The van der Waals surface area contributed by atoms with Crippen LogP contribution in [0.15, 0.2) is 66.5 Å². The average Bonchev–Trinajstić information content (AvgIpc) is 3.25. The number of carbonyl (C=O) groups is 1. The largest absolute Gasteiger partial charge is 0.332 e. The van der Waals surface area contributed by atoms with Crippen molar-refractivity contribution in [2.45, 2.75) is 56.1 Å². The first-order valence-electron chi connectivity index (χ1n) is 11.1. The third-order valence-corrected chi connectivity index (χ3v) is 6.50. The van der Waals surface area contributed by atoms with Gasteiger partial charge in [0.2, 0.25) is 5.91 Å². The minimum absolute atomic E-state index is 0.144. The zero-order valence-electron chi connectivity index (χ0n) is 18.3. The van der Waals surface area contributed by atoms with Crippen molar-refractivity contribution in [1.82, 2.24) is 29.7 Å². The van der Waals surface area contributed by atoms with Gasteiger partial charge in [-0.3, -0.25) is 9.78 Å². The van der Waals surface area contributed by atoms with Crippen molar-refractivity contribution >= 4 is 23.3 Å². The highest BCUT2D eigenvalue weighted by Crippen LogP contribution is 2.26. The summed E-state index contributed by atoms with van der Waals surface area (Å²) in [5.41, 5.74) is 1.50.